The maximum absolute atomic E-state index is 12.4. The van der Waals surface area contributed by atoms with E-state index < -0.39 is 0 Å². The molecule has 0 aromatic heterocycles. The highest BCUT2D eigenvalue weighted by atomic mass is 16.5. The van der Waals surface area contributed by atoms with Gasteiger partial charge in [-0.25, -0.2) is 0 Å². The van der Waals surface area contributed by atoms with Crippen LogP contribution in [0.5, 0.6) is 0 Å². The number of carbonyl (C=O) groups excluding carboxylic acids is 2. The Kier molecular flexibility index (Phi) is 6.28. The fraction of sp³-hybridized carbons (Fsp3) is 0.857. The molecule has 3 unspecified atom stereocenters. The van der Waals surface area contributed by atoms with Crippen LogP contribution in [0.3, 0.4) is 0 Å². The van der Waals surface area contributed by atoms with Gasteiger partial charge in [-0.2, -0.15) is 0 Å². The molecule has 0 spiro atoms. The molecule has 1 aliphatic rings. The lowest BCUT2D eigenvalue weighted by Gasteiger charge is -2.39. The van der Waals surface area contributed by atoms with Crippen LogP contribution in [0.4, 0.5) is 0 Å². The summed E-state index contributed by atoms with van der Waals surface area (Å²) in [6.45, 7) is 7.14. The minimum atomic E-state index is -0.365. The van der Waals surface area contributed by atoms with Crippen molar-refractivity contribution in [3.63, 3.8) is 0 Å². The molecule has 0 aliphatic carbocycles. The maximum Gasteiger partial charge on any atom is 0.246 e. The molecule has 0 saturated carbocycles. The summed E-state index contributed by atoms with van der Waals surface area (Å²) < 4.78 is 5.00. The molecule has 0 bridgehead atoms. The molecule has 0 radical (unpaired) electrons. The Morgan fingerprint density at radius 3 is 2.63 bits per heavy atom. The van der Waals surface area contributed by atoms with Gasteiger partial charge in [-0.1, -0.05) is 20.3 Å². The number of hydrogen-bond acceptors (Lipinski definition) is 3. The molecule has 1 N–H and O–H groups in total. The molecule has 1 rings (SSSR count). The van der Waals surface area contributed by atoms with Crippen molar-refractivity contribution in [3.05, 3.63) is 0 Å². The summed E-state index contributed by atoms with van der Waals surface area (Å²) in [5, 5.41) is 2.84. The van der Waals surface area contributed by atoms with Crippen LogP contribution in [0.2, 0.25) is 0 Å². The topological polar surface area (TPSA) is 58.6 Å². The van der Waals surface area contributed by atoms with Crippen LogP contribution < -0.4 is 5.32 Å². The molecule has 0 aromatic carbocycles. The summed E-state index contributed by atoms with van der Waals surface area (Å²) in [6.07, 6.45) is 2.65. The number of methoxy groups -OCH3 is 1. The second kappa shape index (κ2) is 7.48. The first-order valence-corrected chi connectivity index (χ1v) is 7.12. The van der Waals surface area contributed by atoms with E-state index in [2.05, 4.69) is 5.32 Å². The molecule has 2 amide bonds. The fourth-order valence-electron chi connectivity index (χ4n) is 2.30. The van der Waals surface area contributed by atoms with Crippen LogP contribution in [0.25, 0.3) is 0 Å². The summed E-state index contributed by atoms with van der Waals surface area (Å²) in [6, 6.07) is -0.730. The Morgan fingerprint density at radius 1 is 1.37 bits per heavy atom. The fourth-order valence-corrected chi connectivity index (χ4v) is 2.30. The van der Waals surface area contributed by atoms with Crippen molar-refractivity contribution in [2.45, 2.75) is 52.1 Å². The minimum Gasteiger partial charge on any atom is -0.385 e. The van der Waals surface area contributed by atoms with Crippen molar-refractivity contribution in [2.24, 2.45) is 5.92 Å². The lowest BCUT2D eigenvalue weighted by Crippen LogP contribution is -2.64. The van der Waals surface area contributed by atoms with Gasteiger partial charge >= 0.3 is 0 Å². The van der Waals surface area contributed by atoms with Crippen molar-refractivity contribution < 1.29 is 14.3 Å². The first kappa shape index (κ1) is 16.0. The molecule has 1 saturated heterocycles. The van der Waals surface area contributed by atoms with Crippen LogP contribution in [-0.4, -0.2) is 49.1 Å². The average Bonchev–Trinajstić information content (AvgIpc) is 2.41. The van der Waals surface area contributed by atoms with Gasteiger partial charge in [-0.15, -0.1) is 0 Å². The molecule has 110 valence electrons. The molecular weight excluding hydrogens is 244 g/mol. The van der Waals surface area contributed by atoms with E-state index in [0.717, 1.165) is 19.3 Å². The van der Waals surface area contributed by atoms with Crippen LogP contribution in [0.1, 0.15) is 40.0 Å². The van der Waals surface area contributed by atoms with Gasteiger partial charge in [-0.05, 0) is 25.7 Å². The van der Waals surface area contributed by atoms with Gasteiger partial charge in [0.15, 0.2) is 0 Å². The molecular formula is C14H26N2O3. The lowest BCUT2D eigenvalue weighted by atomic mass is 9.94. The summed E-state index contributed by atoms with van der Waals surface area (Å²) in [4.78, 5) is 26.1. The third-order valence-corrected chi connectivity index (χ3v) is 3.90. The van der Waals surface area contributed by atoms with Crippen LogP contribution in [0.15, 0.2) is 0 Å². The number of nitrogens with one attached hydrogen (secondary N) is 1. The van der Waals surface area contributed by atoms with Gasteiger partial charge in [0.1, 0.15) is 12.1 Å². The number of rotatable bonds is 7. The molecule has 3 atom stereocenters. The highest BCUT2D eigenvalue weighted by Crippen LogP contribution is 2.18. The average molecular weight is 270 g/mol. The van der Waals surface area contributed by atoms with Crippen LogP contribution >= 0.6 is 0 Å². The highest BCUT2D eigenvalue weighted by molar-refractivity contribution is 5.96. The molecule has 1 fully saturated rings. The Balaban J connectivity index is 2.64. The summed E-state index contributed by atoms with van der Waals surface area (Å²) in [5.74, 6) is 0.181. The van der Waals surface area contributed by atoms with E-state index in [9.17, 15) is 9.59 Å². The Morgan fingerprint density at radius 2 is 2.05 bits per heavy atom. The number of amides is 2. The second-order valence-electron chi connectivity index (χ2n) is 5.28. The van der Waals surface area contributed by atoms with Crippen molar-refractivity contribution in [1.82, 2.24) is 10.2 Å². The Hall–Kier alpha value is -1.10. The molecule has 1 aliphatic heterocycles. The second-order valence-corrected chi connectivity index (χ2v) is 5.28. The van der Waals surface area contributed by atoms with E-state index in [1.54, 1.807) is 18.9 Å². The third kappa shape index (κ3) is 3.93. The zero-order valence-corrected chi connectivity index (χ0v) is 12.4. The van der Waals surface area contributed by atoms with E-state index in [0.29, 0.717) is 13.2 Å². The third-order valence-electron chi connectivity index (χ3n) is 3.90. The largest absolute Gasteiger partial charge is 0.385 e. The van der Waals surface area contributed by atoms with Gasteiger partial charge in [0.05, 0.1) is 0 Å². The SMILES string of the molecule is CCC(C)C1NC(=O)C(C)N(CCCCOC)C1=O. The van der Waals surface area contributed by atoms with Crippen molar-refractivity contribution in [1.29, 1.82) is 0 Å². The predicted octanol–water partition coefficient (Wildman–Crippen LogP) is 1.17. The summed E-state index contributed by atoms with van der Waals surface area (Å²) >= 11 is 0. The standard InChI is InChI=1S/C14H26N2O3/c1-5-10(2)12-14(18)16(8-6-7-9-19-4)11(3)13(17)15-12/h10-12H,5-9H2,1-4H3,(H,15,17). The first-order chi connectivity index (χ1) is 9.02. The van der Waals surface area contributed by atoms with E-state index in [1.807, 2.05) is 13.8 Å². The normalized spacial score (nSPS) is 25.4. The number of unbranched alkanes of at least 4 members (excludes halogenated alkanes) is 1. The van der Waals surface area contributed by atoms with E-state index in [1.165, 1.54) is 0 Å². The molecule has 1 heterocycles. The van der Waals surface area contributed by atoms with Crippen LogP contribution in [0, 0.1) is 5.92 Å². The molecule has 19 heavy (non-hydrogen) atoms. The number of piperazine rings is 1. The minimum absolute atomic E-state index is 0.0448. The molecule has 5 nitrogen and oxygen atoms in total. The number of ether oxygens (including phenoxy) is 1. The number of nitrogens with zero attached hydrogens (tertiary/aromatic N) is 1. The smallest absolute Gasteiger partial charge is 0.246 e. The van der Waals surface area contributed by atoms with Crippen LogP contribution in [-0.2, 0) is 14.3 Å². The zero-order chi connectivity index (χ0) is 14.4. The van der Waals surface area contributed by atoms with Gasteiger partial charge in [0, 0.05) is 20.3 Å². The lowest BCUT2D eigenvalue weighted by molar-refractivity contribution is -0.150. The quantitative estimate of drug-likeness (QED) is 0.707. The number of hydrogen-bond donors (Lipinski definition) is 1. The van der Waals surface area contributed by atoms with Gasteiger partial charge in [-0.3, -0.25) is 9.59 Å². The predicted molar refractivity (Wildman–Crippen MR) is 73.7 cm³/mol. The van der Waals surface area contributed by atoms with E-state index in [-0.39, 0.29) is 29.8 Å². The van der Waals surface area contributed by atoms with E-state index >= 15 is 0 Å². The Bertz CT molecular complexity index is 320. The monoisotopic (exact) mass is 270 g/mol. The highest BCUT2D eigenvalue weighted by Gasteiger charge is 2.39. The Labute approximate surface area is 115 Å². The van der Waals surface area contributed by atoms with Gasteiger partial charge < -0.3 is 15.0 Å². The first-order valence-electron chi connectivity index (χ1n) is 7.12. The molecule has 0 aromatic rings. The van der Waals surface area contributed by atoms with Gasteiger partial charge in [0.25, 0.3) is 0 Å². The summed E-state index contributed by atoms with van der Waals surface area (Å²) in [7, 11) is 1.67. The van der Waals surface area contributed by atoms with Gasteiger partial charge in [0.2, 0.25) is 11.8 Å². The van der Waals surface area contributed by atoms with Crippen molar-refractivity contribution >= 4 is 11.8 Å². The number of carbonyl (C=O) groups is 2. The van der Waals surface area contributed by atoms with Crippen molar-refractivity contribution in [3.8, 4) is 0 Å². The maximum atomic E-state index is 12.4. The molecule has 5 heteroatoms. The summed E-state index contributed by atoms with van der Waals surface area (Å²) in [5.41, 5.74) is 0. The van der Waals surface area contributed by atoms with Crippen molar-refractivity contribution in [2.75, 3.05) is 20.3 Å². The zero-order valence-electron chi connectivity index (χ0n) is 12.4. The van der Waals surface area contributed by atoms with E-state index in [4.69, 9.17) is 4.74 Å².